The summed E-state index contributed by atoms with van der Waals surface area (Å²) in [6.45, 7) is 2.13. The van der Waals surface area contributed by atoms with Gasteiger partial charge < -0.3 is 16.0 Å². The van der Waals surface area contributed by atoms with Crippen molar-refractivity contribution in [3.63, 3.8) is 0 Å². The molecule has 0 unspecified atom stereocenters. The number of carbonyl (C=O) groups excluding carboxylic acids is 1. The molecule has 0 atom stereocenters. The number of aryl methyl sites for hydroxylation is 2. The summed E-state index contributed by atoms with van der Waals surface area (Å²) in [6.07, 6.45) is 7.95. The molecule has 1 aromatic carbocycles. The number of benzene rings is 1. The van der Waals surface area contributed by atoms with Crippen LogP contribution in [0.5, 0.6) is 0 Å². The molecule has 1 aromatic heterocycles. The highest BCUT2D eigenvalue weighted by atomic mass is 16.6. The number of primary amides is 1. The van der Waals surface area contributed by atoms with Crippen molar-refractivity contribution in [1.82, 2.24) is 9.97 Å². The van der Waals surface area contributed by atoms with Gasteiger partial charge in [-0.1, -0.05) is 12.1 Å². The predicted octanol–water partition coefficient (Wildman–Crippen LogP) is 4.19. The first-order chi connectivity index (χ1) is 16.7. The number of amides is 2. The fraction of sp³-hybridized carbons (Fsp3) is 0.560. The molecule has 10 nitrogen and oxygen atoms in total. The lowest BCUT2D eigenvalue weighted by Crippen LogP contribution is -2.41. The standard InChI is InChI=1S/C25H35N7O3/c1-16-7-6-10-21(32(34)35)22(16)31(24(26)33)15-17-11-13-18(14-12-17)27-25-28-20-9-5-4-8-19(20)23(29-25)30(2)3/h6-7,10,17-18H,4-5,8-9,11-15H2,1-3H3,(H2,26,33)(H,27,28,29). The van der Waals surface area contributed by atoms with E-state index in [4.69, 9.17) is 15.7 Å². The summed E-state index contributed by atoms with van der Waals surface area (Å²) in [5, 5.41) is 15.1. The van der Waals surface area contributed by atoms with Gasteiger partial charge >= 0.3 is 6.03 Å². The number of para-hydroxylation sites is 1. The Morgan fingerprint density at radius 1 is 1.17 bits per heavy atom. The number of nitrogens with zero attached hydrogens (tertiary/aromatic N) is 5. The van der Waals surface area contributed by atoms with Crippen molar-refractivity contribution in [2.45, 2.75) is 64.3 Å². The summed E-state index contributed by atoms with van der Waals surface area (Å²) < 4.78 is 0. The molecule has 2 aromatic rings. The highest BCUT2D eigenvalue weighted by molar-refractivity contribution is 5.94. The minimum Gasteiger partial charge on any atom is -0.362 e. The number of aromatic nitrogens is 2. The number of nitro groups is 1. The van der Waals surface area contributed by atoms with E-state index in [0.717, 1.165) is 56.5 Å². The van der Waals surface area contributed by atoms with Gasteiger partial charge in [-0.25, -0.2) is 9.78 Å². The third kappa shape index (κ3) is 5.47. The zero-order chi connectivity index (χ0) is 25.1. The number of hydrogen-bond donors (Lipinski definition) is 2. The van der Waals surface area contributed by atoms with E-state index in [2.05, 4.69) is 10.2 Å². The molecule has 1 saturated carbocycles. The third-order valence-corrected chi connectivity index (χ3v) is 7.15. The van der Waals surface area contributed by atoms with Crippen LogP contribution >= 0.6 is 0 Å². The Kier molecular flexibility index (Phi) is 7.37. The molecule has 0 radical (unpaired) electrons. The van der Waals surface area contributed by atoms with E-state index in [1.165, 1.54) is 23.0 Å². The lowest BCUT2D eigenvalue weighted by Gasteiger charge is -2.33. The highest BCUT2D eigenvalue weighted by Crippen LogP contribution is 2.35. The Hall–Kier alpha value is -3.43. The maximum absolute atomic E-state index is 12.3. The molecule has 0 saturated heterocycles. The molecule has 2 aliphatic rings. The van der Waals surface area contributed by atoms with Crippen molar-refractivity contribution < 1.29 is 9.72 Å². The molecule has 0 aliphatic heterocycles. The highest BCUT2D eigenvalue weighted by Gasteiger charge is 2.30. The summed E-state index contributed by atoms with van der Waals surface area (Å²) in [6, 6.07) is 4.38. The molecule has 1 heterocycles. The second kappa shape index (κ2) is 10.5. The van der Waals surface area contributed by atoms with Gasteiger partial charge in [0.1, 0.15) is 11.5 Å². The zero-order valence-corrected chi connectivity index (χ0v) is 20.8. The van der Waals surface area contributed by atoms with Crippen LogP contribution in [0.3, 0.4) is 0 Å². The van der Waals surface area contributed by atoms with Crippen molar-refractivity contribution in [2.75, 3.05) is 35.8 Å². The van der Waals surface area contributed by atoms with E-state index in [-0.39, 0.29) is 17.6 Å². The third-order valence-electron chi connectivity index (χ3n) is 7.15. The fourth-order valence-electron chi connectivity index (χ4n) is 5.37. The van der Waals surface area contributed by atoms with E-state index in [9.17, 15) is 14.9 Å². The van der Waals surface area contributed by atoms with Crippen LogP contribution in [0.2, 0.25) is 0 Å². The molecule has 1 fully saturated rings. The van der Waals surface area contributed by atoms with E-state index < -0.39 is 11.0 Å². The summed E-state index contributed by atoms with van der Waals surface area (Å²) >= 11 is 0. The lowest BCUT2D eigenvalue weighted by atomic mass is 9.85. The molecular formula is C25H35N7O3. The van der Waals surface area contributed by atoms with Gasteiger partial charge in [0, 0.05) is 38.3 Å². The molecule has 10 heteroatoms. The molecule has 2 aliphatic carbocycles. The van der Waals surface area contributed by atoms with E-state index in [1.54, 1.807) is 19.1 Å². The van der Waals surface area contributed by atoms with Crippen molar-refractivity contribution >= 4 is 29.2 Å². The number of nitrogens with two attached hydrogens (primary N) is 1. The Morgan fingerprint density at radius 3 is 2.54 bits per heavy atom. The minimum absolute atomic E-state index is 0.0968. The number of rotatable bonds is 7. The SMILES string of the molecule is Cc1cccc([N+](=O)[O-])c1N(CC1CCC(Nc2nc3c(c(N(C)C)n2)CCCC3)CC1)C(N)=O. The van der Waals surface area contributed by atoms with Gasteiger partial charge in [0.15, 0.2) is 0 Å². The fourth-order valence-corrected chi connectivity index (χ4v) is 5.37. The normalized spacial score (nSPS) is 19.5. The first-order valence-electron chi connectivity index (χ1n) is 12.4. The number of nitrogens with one attached hydrogen (secondary N) is 1. The summed E-state index contributed by atoms with van der Waals surface area (Å²) in [5.41, 5.74) is 8.97. The van der Waals surface area contributed by atoms with Crippen molar-refractivity contribution in [1.29, 1.82) is 0 Å². The second-order valence-corrected chi connectivity index (χ2v) is 9.91. The predicted molar refractivity (Wildman–Crippen MR) is 137 cm³/mol. The topological polar surface area (TPSA) is 131 Å². The van der Waals surface area contributed by atoms with Gasteiger partial charge in [-0.3, -0.25) is 15.0 Å². The first-order valence-corrected chi connectivity index (χ1v) is 12.4. The summed E-state index contributed by atoms with van der Waals surface area (Å²) in [7, 11) is 4.05. The lowest BCUT2D eigenvalue weighted by molar-refractivity contribution is -0.384. The van der Waals surface area contributed by atoms with Gasteiger partial charge in [-0.2, -0.15) is 4.98 Å². The van der Waals surface area contributed by atoms with Crippen LogP contribution in [0.25, 0.3) is 0 Å². The van der Waals surface area contributed by atoms with Gasteiger partial charge in [0.25, 0.3) is 5.69 Å². The maximum Gasteiger partial charge on any atom is 0.319 e. The molecule has 35 heavy (non-hydrogen) atoms. The van der Waals surface area contributed by atoms with Crippen molar-refractivity contribution in [3.05, 3.63) is 45.1 Å². The smallest absolute Gasteiger partial charge is 0.319 e. The average Bonchev–Trinajstić information content (AvgIpc) is 2.83. The number of fused-ring (bicyclic) bond motifs is 1. The average molecular weight is 482 g/mol. The number of carbonyl (C=O) groups is 1. The van der Waals surface area contributed by atoms with Crippen molar-refractivity contribution in [2.24, 2.45) is 11.7 Å². The van der Waals surface area contributed by atoms with Crippen LogP contribution in [0.1, 0.15) is 55.3 Å². The van der Waals surface area contributed by atoms with Crippen LogP contribution in [0.15, 0.2) is 18.2 Å². The largest absolute Gasteiger partial charge is 0.362 e. The Balaban J connectivity index is 1.43. The Morgan fingerprint density at radius 2 is 1.89 bits per heavy atom. The van der Waals surface area contributed by atoms with Crippen LogP contribution in [-0.4, -0.2) is 47.6 Å². The Bertz CT molecular complexity index is 1100. The second-order valence-electron chi connectivity index (χ2n) is 9.91. The molecule has 3 N–H and O–H groups in total. The number of nitro benzene ring substituents is 1. The van der Waals surface area contributed by atoms with Gasteiger partial charge in [0.2, 0.25) is 5.95 Å². The number of anilines is 3. The van der Waals surface area contributed by atoms with Crippen LogP contribution in [-0.2, 0) is 12.8 Å². The zero-order valence-electron chi connectivity index (χ0n) is 20.8. The van der Waals surface area contributed by atoms with E-state index in [1.807, 2.05) is 14.1 Å². The van der Waals surface area contributed by atoms with Gasteiger partial charge in [-0.15, -0.1) is 0 Å². The number of hydrogen-bond acceptors (Lipinski definition) is 7. The molecule has 188 valence electrons. The van der Waals surface area contributed by atoms with Crippen LogP contribution in [0, 0.1) is 23.0 Å². The summed E-state index contributed by atoms with van der Waals surface area (Å²) in [5.74, 6) is 1.90. The van der Waals surface area contributed by atoms with Crippen LogP contribution in [0.4, 0.5) is 27.9 Å². The monoisotopic (exact) mass is 481 g/mol. The quantitative estimate of drug-likeness (QED) is 0.448. The molecule has 0 bridgehead atoms. The molecular weight excluding hydrogens is 446 g/mol. The number of urea groups is 1. The molecule has 0 spiro atoms. The van der Waals surface area contributed by atoms with Gasteiger partial charge in [0.05, 0.1) is 10.6 Å². The van der Waals surface area contributed by atoms with E-state index in [0.29, 0.717) is 23.7 Å². The minimum atomic E-state index is -0.665. The molecule has 4 rings (SSSR count). The first kappa shape index (κ1) is 24.7. The molecule has 2 amide bonds. The summed E-state index contributed by atoms with van der Waals surface area (Å²) in [4.78, 5) is 36.5. The van der Waals surface area contributed by atoms with Gasteiger partial charge in [-0.05, 0) is 69.8 Å². The Labute approximate surface area is 206 Å². The van der Waals surface area contributed by atoms with Crippen LogP contribution < -0.4 is 20.9 Å². The maximum atomic E-state index is 12.3. The van der Waals surface area contributed by atoms with Crippen molar-refractivity contribution in [3.8, 4) is 0 Å². The van der Waals surface area contributed by atoms with E-state index >= 15 is 0 Å².